The second-order valence-corrected chi connectivity index (χ2v) is 9.86. The molecule has 0 saturated heterocycles. The number of esters is 1. The molecule has 4 rings (SSSR count). The maximum absolute atomic E-state index is 13.1. The van der Waals surface area contributed by atoms with Crippen LogP contribution >= 0.6 is 11.6 Å². The van der Waals surface area contributed by atoms with Crippen molar-refractivity contribution in [2.75, 3.05) is 7.11 Å². The molecule has 0 spiro atoms. The molecule has 0 aliphatic rings. The summed E-state index contributed by atoms with van der Waals surface area (Å²) >= 11 is 6.01. The number of carbonyl (C=O) groups is 1. The predicted molar refractivity (Wildman–Crippen MR) is 136 cm³/mol. The zero-order valence-corrected chi connectivity index (χ0v) is 20.3. The topological polar surface area (TPSA) is 81.7 Å². The van der Waals surface area contributed by atoms with Gasteiger partial charge in [0, 0.05) is 5.02 Å². The third-order valence-electron chi connectivity index (χ3n) is 5.39. The van der Waals surface area contributed by atoms with E-state index in [1.807, 2.05) is 30.3 Å². The minimum absolute atomic E-state index is 0.00737. The van der Waals surface area contributed by atoms with Crippen molar-refractivity contribution >= 4 is 38.4 Å². The molecule has 35 heavy (non-hydrogen) atoms. The van der Waals surface area contributed by atoms with Gasteiger partial charge < -0.3 is 9.47 Å². The average Bonchev–Trinajstić information content (AvgIpc) is 2.87. The summed E-state index contributed by atoms with van der Waals surface area (Å²) in [6.45, 7) is 3.86. The fraction of sp³-hybridized carbons (Fsp3) is 0.0741. The average molecular weight is 508 g/mol. The summed E-state index contributed by atoms with van der Waals surface area (Å²) in [5, 5.41) is 2.37. The third kappa shape index (κ3) is 5.71. The summed E-state index contributed by atoms with van der Waals surface area (Å²) in [5.41, 5.74) is 0.393. The lowest BCUT2D eigenvalue weighted by Gasteiger charge is -2.21. The van der Waals surface area contributed by atoms with Crippen molar-refractivity contribution in [1.29, 1.82) is 0 Å². The second kappa shape index (κ2) is 10.3. The zero-order chi connectivity index (χ0) is 25.0. The first kappa shape index (κ1) is 24.5. The summed E-state index contributed by atoms with van der Waals surface area (Å²) in [6.07, 6.45) is 0. The molecule has 8 heteroatoms. The smallest absolute Gasteiger partial charge is 0.340 e. The number of rotatable bonds is 8. The SMILES string of the molecule is C=C(C(=O)Oc1ccc2ccccc2c1)[C@@H](NS(=O)(=O)c1ccc(OC)cc1)c1ccc(Cl)cc1. The molecule has 0 radical (unpaired) electrons. The van der Waals surface area contributed by atoms with Crippen molar-refractivity contribution in [3.8, 4) is 11.5 Å². The maximum atomic E-state index is 13.1. The molecular weight excluding hydrogens is 486 g/mol. The van der Waals surface area contributed by atoms with E-state index in [9.17, 15) is 13.2 Å². The molecular formula is C27H22ClNO5S. The number of benzene rings is 4. The summed E-state index contributed by atoms with van der Waals surface area (Å²) in [4.78, 5) is 13.0. The molecule has 4 aromatic carbocycles. The Bertz CT molecular complexity index is 1480. The van der Waals surface area contributed by atoms with E-state index in [2.05, 4.69) is 11.3 Å². The van der Waals surface area contributed by atoms with Crippen molar-refractivity contribution in [3.05, 3.63) is 114 Å². The van der Waals surface area contributed by atoms with Gasteiger partial charge in [-0.1, -0.05) is 60.6 Å². The highest BCUT2D eigenvalue weighted by Crippen LogP contribution is 2.28. The predicted octanol–water partition coefficient (Wildman–Crippen LogP) is 5.68. The highest BCUT2D eigenvalue weighted by molar-refractivity contribution is 7.89. The second-order valence-electron chi connectivity index (χ2n) is 7.71. The standard InChI is InChI=1S/C27H22ClNO5S/c1-18(27(30)34-24-12-9-19-5-3-4-6-21(19)17-24)26(20-7-10-22(28)11-8-20)29-35(31,32)25-15-13-23(33-2)14-16-25/h3-17,26,29H,1H2,2H3/t26-/m1/s1. The van der Waals surface area contributed by atoms with Gasteiger partial charge in [-0.3, -0.25) is 0 Å². The van der Waals surface area contributed by atoms with Gasteiger partial charge in [-0.05, 0) is 64.9 Å². The lowest BCUT2D eigenvalue weighted by Crippen LogP contribution is -2.32. The zero-order valence-electron chi connectivity index (χ0n) is 18.8. The molecule has 0 unspecified atom stereocenters. The molecule has 0 saturated carbocycles. The fourth-order valence-electron chi connectivity index (χ4n) is 3.49. The quantitative estimate of drug-likeness (QED) is 0.188. The van der Waals surface area contributed by atoms with Gasteiger partial charge in [0.05, 0.1) is 23.6 Å². The Morgan fingerprint density at radius 2 is 1.51 bits per heavy atom. The number of hydrogen-bond acceptors (Lipinski definition) is 5. The van der Waals surface area contributed by atoms with Crippen molar-refractivity contribution in [2.45, 2.75) is 10.9 Å². The van der Waals surface area contributed by atoms with Crippen LogP contribution in [0.5, 0.6) is 11.5 Å². The Morgan fingerprint density at radius 3 is 2.17 bits per heavy atom. The van der Waals surface area contributed by atoms with Crippen LogP contribution in [0.1, 0.15) is 11.6 Å². The van der Waals surface area contributed by atoms with E-state index in [1.165, 1.54) is 31.4 Å². The van der Waals surface area contributed by atoms with Crippen LogP contribution in [0.15, 0.2) is 108 Å². The largest absolute Gasteiger partial charge is 0.497 e. The summed E-state index contributed by atoms with van der Waals surface area (Å²) in [7, 11) is -2.54. The van der Waals surface area contributed by atoms with Crippen molar-refractivity contribution in [2.24, 2.45) is 0 Å². The first-order chi connectivity index (χ1) is 16.8. The van der Waals surface area contributed by atoms with Gasteiger partial charge in [-0.2, -0.15) is 4.72 Å². The Balaban J connectivity index is 1.62. The number of ether oxygens (including phenoxy) is 2. The first-order valence-electron chi connectivity index (χ1n) is 10.6. The highest BCUT2D eigenvalue weighted by atomic mass is 35.5. The van der Waals surface area contributed by atoms with Gasteiger partial charge >= 0.3 is 5.97 Å². The van der Waals surface area contributed by atoms with Gasteiger partial charge in [0.2, 0.25) is 10.0 Å². The fourth-order valence-corrected chi connectivity index (χ4v) is 4.84. The van der Waals surface area contributed by atoms with Gasteiger partial charge in [-0.15, -0.1) is 0 Å². The van der Waals surface area contributed by atoms with Crippen LogP contribution in [-0.4, -0.2) is 21.5 Å². The number of halogens is 1. The summed E-state index contributed by atoms with van der Waals surface area (Å²) in [6, 6.07) is 24.2. The minimum atomic E-state index is -4.03. The third-order valence-corrected chi connectivity index (χ3v) is 7.08. The first-order valence-corrected chi connectivity index (χ1v) is 12.4. The molecule has 178 valence electrons. The molecule has 0 fully saturated rings. The normalized spacial score (nSPS) is 12.2. The van der Waals surface area contributed by atoms with E-state index in [0.29, 0.717) is 22.1 Å². The van der Waals surface area contributed by atoms with Gasteiger partial charge in [0.15, 0.2) is 0 Å². The summed E-state index contributed by atoms with van der Waals surface area (Å²) < 4.78 is 39.5. The number of carbonyl (C=O) groups excluding carboxylic acids is 1. The van der Waals surface area contributed by atoms with E-state index in [-0.39, 0.29) is 10.5 Å². The van der Waals surface area contributed by atoms with Crippen LogP contribution in [0.2, 0.25) is 5.02 Å². The Morgan fingerprint density at radius 1 is 0.886 bits per heavy atom. The number of fused-ring (bicyclic) bond motifs is 1. The van der Waals surface area contributed by atoms with Gasteiger partial charge in [0.25, 0.3) is 0 Å². The molecule has 4 aromatic rings. The van der Waals surface area contributed by atoms with Crippen LogP contribution in [0, 0.1) is 0 Å². The Labute approximate surface area is 208 Å². The van der Waals surface area contributed by atoms with E-state index in [4.69, 9.17) is 21.1 Å². The number of hydrogen-bond donors (Lipinski definition) is 1. The number of nitrogens with one attached hydrogen (secondary N) is 1. The molecule has 0 heterocycles. The molecule has 6 nitrogen and oxygen atoms in total. The van der Waals surface area contributed by atoms with Crippen LogP contribution in [0.3, 0.4) is 0 Å². The van der Waals surface area contributed by atoms with Crippen molar-refractivity contribution < 1.29 is 22.7 Å². The van der Waals surface area contributed by atoms with E-state index in [1.54, 1.807) is 36.4 Å². The molecule has 0 bridgehead atoms. The van der Waals surface area contributed by atoms with Crippen LogP contribution in [0.4, 0.5) is 0 Å². The van der Waals surface area contributed by atoms with Gasteiger partial charge in [-0.25, -0.2) is 13.2 Å². The molecule has 0 amide bonds. The Kier molecular flexibility index (Phi) is 7.21. The lowest BCUT2D eigenvalue weighted by molar-refractivity contribution is -0.130. The lowest BCUT2D eigenvalue weighted by atomic mass is 10.0. The minimum Gasteiger partial charge on any atom is -0.497 e. The highest BCUT2D eigenvalue weighted by Gasteiger charge is 2.28. The van der Waals surface area contributed by atoms with Gasteiger partial charge in [0.1, 0.15) is 11.5 Å². The molecule has 0 aromatic heterocycles. The number of sulfonamides is 1. The van der Waals surface area contributed by atoms with Crippen LogP contribution in [0.25, 0.3) is 10.8 Å². The van der Waals surface area contributed by atoms with E-state index in [0.717, 1.165) is 10.8 Å². The van der Waals surface area contributed by atoms with Crippen molar-refractivity contribution in [1.82, 2.24) is 4.72 Å². The van der Waals surface area contributed by atoms with Crippen LogP contribution in [-0.2, 0) is 14.8 Å². The Hall–Kier alpha value is -3.65. The van der Waals surface area contributed by atoms with E-state index >= 15 is 0 Å². The monoisotopic (exact) mass is 507 g/mol. The van der Waals surface area contributed by atoms with Crippen molar-refractivity contribution in [3.63, 3.8) is 0 Å². The molecule has 0 aliphatic carbocycles. The maximum Gasteiger partial charge on any atom is 0.340 e. The number of methoxy groups -OCH3 is 1. The molecule has 1 N–H and O–H groups in total. The van der Waals surface area contributed by atoms with Crippen LogP contribution < -0.4 is 14.2 Å². The molecule has 1 atom stereocenters. The van der Waals surface area contributed by atoms with E-state index < -0.39 is 22.0 Å². The molecule has 0 aliphatic heterocycles. The summed E-state index contributed by atoms with van der Waals surface area (Å²) in [5.74, 6) is 0.0713.